The monoisotopic (exact) mass is 303 g/mol. The molecule has 0 radical (unpaired) electrons. The number of halogens is 1. The van der Waals surface area contributed by atoms with Gasteiger partial charge in [-0.1, -0.05) is 48.0 Å². The Kier molecular flexibility index (Phi) is 7.49. The SMILES string of the molecule is O=C1CCC(=O)N1CCCCCCCCCBr. The number of unbranched alkanes of at least 4 members (excludes halogenated alkanes) is 6. The minimum Gasteiger partial charge on any atom is -0.283 e. The Morgan fingerprint density at radius 1 is 0.824 bits per heavy atom. The largest absolute Gasteiger partial charge is 0.283 e. The molecule has 1 aliphatic heterocycles. The molecule has 0 saturated carbocycles. The van der Waals surface area contributed by atoms with Crippen molar-refractivity contribution in [1.82, 2.24) is 4.90 Å². The van der Waals surface area contributed by atoms with Crippen LogP contribution in [0.2, 0.25) is 0 Å². The van der Waals surface area contributed by atoms with Gasteiger partial charge < -0.3 is 0 Å². The maximum Gasteiger partial charge on any atom is 0.229 e. The summed E-state index contributed by atoms with van der Waals surface area (Å²) in [4.78, 5) is 24.1. The highest BCUT2D eigenvalue weighted by atomic mass is 79.9. The third-order valence-electron chi connectivity index (χ3n) is 3.17. The predicted octanol–water partition coefficient (Wildman–Crippen LogP) is 3.26. The quantitative estimate of drug-likeness (QED) is 0.372. The van der Waals surface area contributed by atoms with E-state index in [0.29, 0.717) is 19.4 Å². The van der Waals surface area contributed by atoms with Crippen LogP contribution in [0.4, 0.5) is 0 Å². The lowest BCUT2D eigenvalue weighted by Gasteiger charge is -2.12. The Labute approximate surface area is 112 Å². The van der Waals surface area contributed by atoms with E-state index >= 15 is 0 Å². The van der Waals surface area contributed by atoms with E-state index in [9.17, 15) is 9.59 Å². The van der Waals surface area contributed by atoms with E-state index < -0.39 is 0 Å². The second-order valence-corrected chi connectivity index (χ2v) is 5.40. The average Bonchev–Trinajstić information content (AvgIpc) is 2.63. The standard InChI is InChI=1S/C13H22BrNO2/c14-10-6-4-2-1-3-5-7-11-15-12(16)8-9-13(15)17/h1-11H2. The van der Waals surface area contributed by atoms with E-state index in [-0.39, 0.29) is 11.8 Å². The van der Waals surface area contributed by atoms with Gasteiger partial charge in [-0.2, -0.15) is 0 Å². The number of amides is 2. The van der Waals surface area contributed by atoms with E-state index in [1.54, 1.807) is 0 Å². The van der Waals surface area contributed by atoms with Crippen LogP contribution in [0.3, 0.4) is 0 Å². The van der Waals surface area contributed by atoms with Crippen LogP contribution in [-0.2, 0) is 9.59 Å². The zero-order valence-electron chi connectivity index (χ0n) is 10.4. The Morgan fingerprint density at radius 3 is 1.82 bits per heavy atom. The van der Waals surface area contributed by atoms with Gasteiger partial charge >= 0.3 is 0 Å². The summed E-state index contributed by atoms with van der Waals surface area (Å²) in [5.74, 6) is 0.0413. The first-order valence-corrected chi connectivity index (χ1v) is 7.77. The summed E-state index contributed by atoms with van der Waals surface area (Å²) < 4.78 is 0. The van der Waals surface area contributed by atoms with E-state index in [4.69, 9.17) is 0 Å². The van der Waals surface area contributed by atoms with E-state index in [2.05, 4.69) is 15.9 Å². The molecule has 17 heavy (non-hydrogen) atoms. The highest BCUT2D eigenvalue weighted by Crippen LogP contribution is 2.14. The molecule has 0 atom stereocenters. The number of carbonyl (C=O) groups excluding carboxylic acids is 2. The molecular weight excluding hydrogens is 282 g/mol. The number of likely N-dealkylation sites (tertiary alicyclic amines) is 1. The van der Waals surface area contributed by atoms with Crippen molar-refractivity contribution in [3.63, 3.8) is 0 Å². The lowest BCUT2D eigenvalue weighted by molar-refractivity contribution is -0.138. The van der Waals surface area contributed by atoms with Crippen LogP contribution in [-0.4, -0.2) is 28.6 Å². The zero-order valence-corrected chi connectivity index (χ0v) is 12.0. The Morgan fingerprint density at radius 2 is 1.29 bits per heavy atom. The molecule has 0 unspecified atom stereocenters. The van der Waals surface area contributed by atoms with Gasteiger partial charge in [0.25, 0.3) is 0 Å². The van der Waals surface area contributed by atoms with E-state index in [0.717, 1.165) is 18.2 Å². The van der Waals surface area contributed by atoms with Gasteiger partial charge in [0.05, 0.1) is 0 Å². The number of hydrogen-bond donors (Lipinski definition) is 0. The van der Waals surface area contributed by atoms with Crippen LogP contribution in [0.15, 0.2) is 0 Å². The molecule has 3 nitrogen and oxygen atoms in total. The van der Waals surface area contributed by atoms with E-state index in [1.807, 2.05) is 0 Å². The molecule has 0 aromatic carbocycles. The molecule has 1 fully saturated rings. The van der Waals surface area contributed by atoms with Gasteiger partial charge in [-0.25, -0.2) is 0 Å². The molecule has 0 spiro atoms. The fourth-order valence-corrected chi connectivity index (χ4v) is 2.52. The van der Waals surface area contributed by atoms with Gasteiger partial charge in [0, 0.05) is 24.7 Å². The van der Waals surface area contributed by atoms with E-state index in [1.165, 1.54) is 37.0 Å². The molecule has 0 bridgehead atoms. The molecule has 2 amide bonds. The maximum absolute atomic E-state index is 11.3. The number of imide groups is 1. The van der Waals surface area contributed by atoms with Gasteiger partial charge in [0.2, 0.25) is 11.8 Å². The molecule has 1 rings (SSSR count). The smallest absolute Gasteiger partial charge is 0.229 e. The summed E-state index contributed by atoms with van der Waals surface area (Å²) in [6, 6.07) is 0. The summed E-state index contributed by atoms with van der Waals surface area (Å²) >= 11 is 3.42. The van der Waals surface area contributed by atoms with Crippen LogP contribution < -0.4 is 0 Å². The molecule has 1 aliphatic rings. The zero-order chi connectivity index (χ0) is 12.5. The van der Waals surface area contributed by atoms with Gasteiger partial charge in [0.1, 0.15) is 0 Å². The Bertz CT molecular complexity index is 240. The van der Waals surface area contributed by atoms with Crippen LogP contribution in [0.25, 0.3) is 0 Å². The van der Waals surface area contributed by atoms with Crippen molar-refractivity contribution < 1.29 is 9.59 Å². The number of nitrogens with zero attached hydrogens (tertiary/aromatic N) is 1. The van der Waals surface area contributed by atoms with Crippen molar-refractivity contribution >= 4 is 27.7 Å². The van der Waals surface area contributed by atoms with Crippen molar-refractivity contribution in [2.24, 2.45) is 0 Å². The molecule has 0 aromatic heterocycles. The number of carbonyl (C=O) groups is 2. The molecule has 1 heterocycles. The first-order valence-electron chi connectivity index (χ1n) is 6.65. The maximum atomic E-state index is 11.3. The third kappa shape index (κ3) is 5.66. The van der Waals surface area contributed by atoms with Crippen molar-refractivity contribution in [2.75, 3.05) is 11.9 Å². The first-order chi connectivity index (χ1) is 8.25. The van der Waals surface area contributed by atoms with Crippen molar-refractivity contribution in [3.8, 4) is 0 Å². The highest BCUT2D eigenvalue weighted by Gasteiger charge is 2.27. The predicted molar refractivity (Wildman–Crippen MR) is 72.1 cm³/mol. The van der Waals surface area contributed by atoms with Gasteiger partial charge in [0.15, 0.2) is 0 Å². The highest BCUT2D eigenvalue weighted by molar-refractivity contribution is 9.09. The summed E-state index contributed by atoms with van der Waals surface area (Å²) in [6.45, 7) is 0.638. The molecule has 0 aliphatic carbocycles. The lowest BCUT2D eigenvalue weighted by atomic mass is 10.1. The normalized spacial score (nSPS) is 15.9. The van der Waals surface area contributed by atoms with Crippen molar-refractivity contribution in [3.05, 3.63) is 0 Å². The summed E-state index contributed by atoms with van der Waals surface area (Å²) in [5, 5.41) is 1.10. The second kappa shape index (κ2) is 8.67. The molecule has 0 aromatic rings. The van der Waals surface area contributed by atoms with Gasteiger partial charge in [-0.05, 0) is 12.8 Å². The van der Waals surface area contributed by atoms with Crippen molar-refractivity contribution in [2.45, 2.75) is 57.8 Å². The number of hydrogen-bond acceptors (Lipinski definition) is 2. The van der Waals surface area contributed by atoms with Gasteiger partial charge in [-0.15, -0.1) is 0 Å². The number of rotatable bonds is 9. The summed E-state index contributed by atoms with van der Waals surface area (Å²) in [6.07, 6.45) is 9.30. The fraction of sp³-hybridized carbons (Fsp3) is 0.846. The summed E-state index contributed by atoms with van der Waals surface area (Å²) in [7, 11) is 0. The van der Waals surface area contributed by atoms with Crippen LogP contribution >= 0.6 is 15.9 Å². The third-order valence-corrected chi connectivity index (χ3v) is 3.73. The molecule has 4 heteroatoms. The molecule has 0 N–H and O–H groups in total. The van der Waals surface area contributed by atoms with Crippen molar-refractivity contribution in [1.29, 1.82) is 0 Å². The molecule has 1 saturated heterocycles. The second-order valence-electron chi connectivity index (χ2n) is 4.60. The lowest BCUT2D eigenvalue weighted by Crippen LogP contribution is -2.29. The molecular formula is C13H22BrNO2. The topological polar surface area (TPSA) is 37.4 Å². The number of alkyl halides is 1. The first kappa shape index (κ1) is 14.7. The van der Waals surface area contributed by atoms with Crippen LogP contribution in [0, 0.1) is 0 Å². The minimum atomic E-state index is 0.0207. The van der Waals surface area contributed by atoms with Gasteiger partial charge in [-0.3, -0.25) is 14.5 Å². The summed E-state index contributed by atoms with van der Waals surface area (Å²) in [5.41, 5.74) is 0. The van der Waals surface area contributed by atoms with Crippen LogP contribution in [0.5, 0.6) is 0 Å². The van der Waals surface area contributed by atoms with Crippen LogP contribution in [0.1, 0.15) is 57.8 Å². The minimum absolute atomic E-state index is 0.0207. The fourth-order valence-electron chi connectivity index (χ4n) is 2.12. The Hall–Kier alpha value is -0.380. The molecule has 98 valence electrons. The Balaban J connectivity index is 1.93. The average molecular weight is 304 g/mol.